The van der Waals surface area contributed by atoms with Crippen LogP contribution < -0.4 is 4.74 Å². The monoisotopic (exact) mass is 463 g/mol. The number of carbonyl (C=O) groups is 1. The highest BCUT2D eigenvalue weighted by Gasteiger charge is 2.31. The van der Waals surface area contributed by atoms with Crippen LogP contribution in [-0.4, -0.2) is 47.9 Å². The molecule has 0 aliphatic heterocycles. The summed E-state index contributed by atoms with van der Waals surface area (Å²) in [5.41, 5.74) is 0.974. The Hall–Kier alpha value is -3.36. The van der Waals surface area contributed by atoms with Gasteiger partial charge in [-0.05, 0) is 38.5 Å². The zero-order valence-electron chi connectivity index (χ0n) is 19.4. The lowest BCUT2D eigenvalue weighted by Crippen LogP contribution is -2.42. The number of aryl methyl sites for hydroxylation is 1. The van der Waals surface area contributed by atoms with Crippen molar-refractivity contribution >= 4 is 17.6 Å². The van der Waals surface area contributed by atoms with Crippen molar-refractivity contribution in [1.82, 2.24) is 9.88 Å². The Balaban J connectivity index is 2.19. The molecular formula is C24H28F3N3O3. The minimum atomic E-state index is -4.47. The second kappa shape index (κ2) is 11.0. The smallest absolute Gasteiger partial charge is 0.417 e. The summed E-state index contributed by atoms with van der Waals surface area (Å²) < 4.78 is 49.3. The number of carbonyl (C=O) groups excluding carboxylic acids is 1. The van der Waals surface area contributed by atoms with E-state index in [0.717, 1.165) is 23.9 Å². The van der Waals surface area contributed by atoms with Crippen molar-refractivity contribution in [1.29, 1.82) is 0 Å². The van der Waals surface area contributed by atoms with Crippen molar-refractivity contribution in [3.63, 3.8) is 0 Å². The van der Waals surface area contributed by atoms with Crippen LogP contribution in [0.1, 0.15) is 47.8 Å². The number of hydrogen-bond acceptors (Lipinski definition) is 5. The number of aliphatic imine (C=N–C) groups is 1. The SMILES string of the molecule is C=C(OC(C)=NC)c1c(C)cccc1C(=O)N(CC)C(C)COc1ccc(C(F)(F)F)cn1. The number of ether oxygens (including phenoxy) is 2. The zero-order chi connectivity index (χ0) is 24.8. The molecule has 1 heterocycles. The van der Waals surface area contributed by atoms with Gasteiger partial charge in [0.25, 0.3) is 5.91 Å². The number of alkyl halides is 3. The molecule has 0 radical (unpaired) electrons. The Labute approximate surface area is 191 Å². The van der Waals surface area contributed by atoms with Crippen molar-refractivity contribution < 1.29 is 27.4 Å². The molecule has 0 bridgehead atoms. The zero-order valence-corrected chi connectivity index (χ0v) is 19.4. The third-order valence-electron chi connectivity index (χ3n) is 5.04. The summed E-state index contributed by atoms with van der Waals surface area (Å²) in [7, 11) is 1.60. The van der Waals surface area contributed by atoms with Crippen LogP contribution in [0.15, 0.2) is 48.1 Å². The quantitative estimate of drug-likeness (QED) is 0.300. The molecule has 0 aliphatic rings. The van der Waals surface area contributed by atoms with Gasteiger partial charge in [0, 0.05) is 38.3 Å². The topological polar surface area (TPSA) is 64.0 Å². The van der Waals surface area contributed by atoms with E-state index in [0.29, 0.717) is 29.3 Å². The Morgan fingerprint density at radius 3 is 2.52 bits per heavy atom. The van der Waals surface area contributed by atoms with Crippen LogP contribution in [0, 0.1) is 6.92 Å². The number of amides is 1. The molecule has 178 valence electrons. The molecule has 1 aromatic heterocycles. The predicted molar refractivity (Wildman–Crippen MR) is 121 cm³/mol. The second-order valence-electron chi connectivity index (χ2n) is 7.40. The fraction of sp³-hybridized carbons (Fsp3) is 0.375. The summed E-state index contributed by atoms with van der Waals surface area (Å²) in [4.78, 5) is 22.7. The average Bonchev–Trinajstić information content (AvgIpc) is 2.77. The predicted octanol–water partition coefficient (Wildman–Crippen LogP) is 5.37. The normalized spacial score (nSPS) is 12.8. The van der Waals surface area contributed by atoms with Gasteiger partial charge in [-0.2, -0.15) is 13.2 Å². The second-order valence-corrected chi connectivity index (χ2v) is 7.40. The molecule has 0 saturated heterocycles. The lowest BCUT2D eigenvalue weighted by atomic mass is 9.99. The van der Waals surface area contributed by atoms with Crippen molar-refractivity contribution in [2.45, 2.75) is 39.9 Å². The van der Waals surface area contributed by atoms with Gasteiger partial charge in [-0.1, -0.05) is 18.7 Å². The van der Waals surface area contributed by atoms with Crippen LogP contribution >= 0.6 is 0 Å². The van der Waals surface area contributed by atoms with Crippen LogP contribution in [0.3, 0.4) is 0 Å². The first-order chi connectivity index (χ1) is 15.5. The van der Waals surface area contributed by atoms with E-state index in [2.05, 4.69) is 16.6 Å². The highest BCUT2D eigenvalue weighted by atomic mass is 19.4. The first kappa shape index (κ1) is 25.9. The maximum Gasteiger partial charge on any atom is 0.417 e. The Bertz CT molecular complexity index is 1020. The van der Waals surface area contributed by atoms with Crippen LogP contribution in [0.4, 0.5) is 13.2 Å². The molecule has 6 nitrogen and oxygen atoms in total. The highest BCUT2D eigenvalue weighted by Crippen LogP contribution is 2.29. The fourth-order valence-corrected chi connectivity index (χ4v) is 3.23. The van der Waals surface area contributed by atoms with Crippen LogP contribution in [0.25, 0.3) is 5.76 Å². The number of halogens is 3. The van der Waals surface area contributed by atoms with Gasteiger partial charge in [0.15, 0.2) is 5.90 Å². The van der Waals surface area contributed by atoms with Crippen LogP contribution in [0.2, 0.25) is 0 Å². The van der Waals surface area contributed by atoms with E-state index in [1.807, 2.05) is 19.9 Å². The van der Waals surface area contributed by atoms with E-state index in [1.54, 1.807) is 37.9 Å². The van der Waals surface area contributed by atoms with Gasteiger partial charge in [0.05, 0.1) is 17.2 Å². The molecule has 9 heteroatoms. The third kappa shape index (κ3) is 6.57. The summed E-state index contributed by atoms with van der Waals surface area (Å²) in [5, 5.41) is 0. The Morgan fingerprint density at radius 1 is 1.27 bits per heavy atom. The molecule has 0 fully saturated rings. The molecule has 2 aromatic rings. The Kier molecular flexibility index (Phi) is 8.62. The third-order valence-corrected chi connectivity index (χ3v) is 5.04. The standard InChI is InChI=1S/C24H28F3N3O3/c1-7-30(16(3)14-32-21-12-11-19(13-29-21)24(25,26)27)23(31)20-10-8-9-15(2)22(20)17(4)33-18(5)28-6/h8-13,16H,4,7,14H2,1-3,5-6H3. The molecule has 1 aromatic carbocycles. The lowest BCUT2D eigenvalue weighted by Gasteiger charge is -2.29. The summed E-state index contributed by atoms with van der Waals surface area (Å²) in [6.07, 6.45) is -3.75. The van der Waals surface area contributed by atoms with E-state index in [4.69, 9.17) is 9.47 Å². The molecule has 33 heavy (non-hydrogen) atoms. The van der Waals surface area contributed by atoms with E-state index in [1.165, 1.54) is 0 Å². The molecule has 0 saturated carbocycles. The lowest BCUT2D eigenvalue weighted by molar-refractivity contribution is -0.137. The van der Waals surface area contributed by atoms with Crippen molar-refractivity contribution in [3.8, 4) is 5.88 Å². The van der Waals surface area contributed by atoms with E-state index >= 15 is 0 Å². The number of rotatable bonds is 8. The van der Waals surface area contributed by atoms with E-state index in [9.17, 15) is 18.0 Å². The van der Waals surface area contributed by atoms with Gasteiger partial charge in [0.2, 0.25) is 5.88 Å². The number of likely N-dealkylation sites (N-methyl/N-ethyl adjacent to an activating group) is 1. The van der Waals surface area contributed by atoms with Crippen LogP contribution in [0.5, 0.6) is 5.88 Å². The number of aromatic nitrogens is 1. The molecular weight excluding hydrogens is 435 g/mol. The summed E-state index contributed by atoms with van der Waals surface area (Å²) in [6.45, 7) is 11.6. The largest absolute Gasteiger partial charge is 0.475 e. The van der Waals surface area contributed by atoms with Crippen molar-refractivity contribution in [3.05, 3.63) is 65.4 Å². The molecule has 0 N–H and O–H groups in total. The van der Waals surface area contributed by atoms with Gasteiger partial charge >= 0.3 is 6.18 Å². The molecule has 1 amide bonds. The number of pyridine rings is 1. The average molecular weight is 464 g/mol. The van der Waals surface area contributed by atoms with E-state index < -0.39 is 11.7 Å². The number of benzene rings is 1. The summed E-state index contributed by atoms with van der Waals surface area (Å²) >= 11 is 0. The number of hydrogen-bond donors (Lipinski definition) is 0. The minimum Gasteiger partial charge on any atom is -0.475 e. The number of nitrogens with zero attached hydrogens (tertiary/aromatic N) is 3. The van der Waals surface area contributed by atoms with Crippen molar-refractivity contribution in [2.24, 2.45) is 4.99 Å². The maximum atomic E-state index is 13.4. The molecule has 0 spiro atoms. The minimum absolute atomic E-state index is 0.0469. The maximum absolute atomic E-state index is 13.4. The van der Waals surface area contributed by atoms with Crippen molar-refractivity contribution in [2.75, 3.05) is 20.2 Å². The Morgan fingerprint density at radius 2 is 1.97 bits per heavy atom. The first-order valence-corrected chi connectivity index (χ1v) is 10.4. The molecule has 2 rings (SSSR count). The van der Waals surface area contributed by atoms with Crippen LogP contribution in [-0.2, 0) is 10.9 Å². The van der Waals surface area contributed by atoms with E-state index in [-0.39, 0.29) is 24.4 Å². The molecule has 1 unspecified atom stereocenters. The first-order valence-electron chi connectivity index (χ1n) is 10.4. The van der Waals surface area contributed by atoms with Gasteiger partial charge in [-0.15, -0.1) is 0 Å². The van der Waals surface area contributed by atoms with Gasteiger partial charge in [0.1, 0.15) is 12.4 Å². The summed E-state index contributed by atoms with van der Waals surface area (Å²) in [5.74, 6) is 0.530. The summed E-state index contributed by atoms with van der Waals surface area (Å²) in [6, 6.07) is 7.02. The van der Waals surface area contributed by atoms with Gasteiger partial charge in [-0.3, -0.25) is 9.79 Å². The highest BCUT2D eigenvalue weighted by molar-refractivity contribution is 6.00. The van der Waals surface area contributed by atoms with Gasteiger partial charge in [-0.25, -0.2) is 4.98 Å². The molecule has 1 atom stereocenters. The fourth-order valence-electron chi connectivity index (χ4n) is 3.23. The van der Waals surface area contributed by atoms with Gasteiger partial charge < -0.3 is 14.4 Å². The molecule has 0 aliphatic carbocycles.